The standard InChI is InChI=1S/C22H26ClN3O2/c1-16(20-5-3-4-6-21(20)23)24-22(28)15-25-11-13-26(14-12-25)19-9-7-18(8-10-19)17(2)27/h3-10,16H,11-15H2,1-2H3,(H,24,28)/p+1/t16-/m0/s1. The topological polar surface area (TPSA) is 53.9 Å². The zero-order chi connectivity index (χ0) is 20.1. The average Bonchev–Trinajstić information content (AvgIpc) is 2.69. The number of hydrogen-bond acceptors (Lipinski definition) is 3. The Morgan fingerprint density at radius 3 is 2.36 bits per heavy atom. The molecule has 2 aromatic rings. The van der Waals surface area contributed by atoms with E-state index in [0.717, 1.165) is 43.0 Å². The molecule has 1 saturated heterocycles. The highest BCUT2D eigenvalue weighted by atomic mass is 35.5. The van der Waals surface area contributed by atoms with Crippen LogP contribution in [0.4, 0.5) is 5.69 Å². The van der Waals surface area contributed by atoms with Crippen molar-refractivity contribution in [2.45, 2.75) is 19.9 Å². The maximum Gasteiger partial charge on any atom is 0.275 e. The van der Waals surface area contributed by atoms with Gasteiger partial charge >= 0.3 is 0 Å². The van der Waals surface area contributed by atoms with Gasteiger partial charge in [-0.1, -0.05) is 29.8 Å². The first-order chi connectivity index (χ1) is 13.4. The molecule has 0 spiro atoms. The van der Waals surface area contributed by atoms with Crippen LogP contribution >= 0.6 is 11.6 Å². The zero-order valence-corrected chi connectivity index (χ0v) is 17.1. The second-order valence-electron chi connectivity index (χ2n) is 7.33. The van der Waals surface area contributed by atoms with Gasteiger partial charge in [0.2, 0.25) is 0 Å². The lowest BCUT2D eigenvalue weighted by molar-refractivity contribution is -0.892. The number of piperazine rings is 1. The fourth-order valence-corrected chi connectivity index (χ4v) is 3.89. The van der Waals surface area contributed by atoms with Crippen LogP contribution in [-0.4, -0.2) is 44.4 Å². The fourth-order valence-electron chi connectivity index (χ4n) is 3.59. The number of halogens is 1. The van der Waals surface area contributed by atoms with Gasteiger partial charge in [-0.15, -0.1) is 0 Å². The molecule has 0 radical (unpaired) electrons. The van der Waals surface area contributed by atoms with Crippen molar-refractivity contribution in [3.8, 4) is 0 Å². The predicted octanol–water partition coefficient (Wildman–Crippen LogP) is 2.12. The van der Waals surface area contributed by atoms with E-state index in [1.165, 1.54) is 4.90 Å². The van der Waals surface area contributed by atoms with Crippen molar-refractivity contribution >= 4 is 29.0 Å². The minimum atomic E-state index is -0.110. The van der Waals surface area contributed by atoms with E-state index in [9.17, 15) is 9.59 Å². The van der Waals surface area contributed by atoms with Gasteiger partial charge in [0, 0.05) is 16.3 Å². The molecular weight excluding hydrogens is 374 g/mol. The number of quaternary nitrogens is 1. The van der Waals surface area contributed by atoms with E-state index < -0.39 is 0 Å². The number of Topliss-reactive ketones (excluding diaryl/α,β-unsaturated/α-hetero) is 1. The minimum Gasteiger partial charge on any atom is -0.360 e. The van der Waals surface area contributed by atoms with Gasteiger partial charge in [0.25, 0.3) is 5.91 Å². The van der Waals surface area contributed by atoms with Crippen LogP contribution in [0.2, 0.25) is 5.02 Å². The largest absolute Gasteiger partial charge is 0.360 e. The molecule has 0 aliphatic carbocycles. The molecule has 0 bridgehead atoms. The highest BCUT2D eigenvalue weighted by molar-refractivity contribution is 6.31. The van der Waals surface area contributed by atoms with Crippen LogP contribution in [0.5, 0.6) is 0 Å². The normalized spacial score (nSPS) is 15.9. The Labute approximate surface area is 171 Å². The number of carbonyl (C=O) groups is 2. The summed E-state index contributed by atoms with van der Waals surface area (Å²) in [5.41, 5.74) is 2.80. The number of amides is 1. The van der Waals surface area contributed by atoms with E-state index in [-0.39, 0.29) is 17.7 Å². The molecule has 1 atom stereocenters. The third-order valence-corrected chi connectivity index (χ3v) is 5.61. The Morgan fingerprint density at radius 2 is 1.75 bits per heavy atom. The van der Waals surface area contributed by atoms with Crippen LogP contribution < -0.4 is 15.1 Å². The monoisotopic (exact) mass is 400 g/mol. The number of nitrogens with one attached hydrogen (secondary N) is 2. The summed E-state index contributed by atoms with van der Waals surface area (Å²) in [5, 5.41) is 3.73. The summed E-state index contributed by atoms with van der Waals surface area (Å²) in [4.78, 5) is 27.4. The van der Waals surface area contributed by atoms with Gasteiger partial charge in [0.05, 0.1) is 32.2 Å². The molecule has 148 valence electrons. The predicted molar refractivity (Wildman–Crippen MR) is 112 cm³/mol. The molecule has 0 unspecified atom stereocenters. The highest BCUT2D eigenvalue weighted by Gasteiger charge is 2.23. The first kappa shape index (κ1) is 20.4. The maximum atomic E-state index is 12.4. The molecule has 2 aromatic carbocycles. The second kappa shape index (κ2) is 9.22. The van der Waals surface area contributed by atoms with Gasteiger partial charge in [-0.05, 0) is 49.7 Å². The van der Waals surface area contributed by atoms with Crippen LogP contribution in [0.3, 0.4) is 0 Å². The van der Waals surface area contributed by atoms with Gasteiger partial charge in [-0.25, -0.2) is 0 Å². The quantitative estimate of drug-likeness (QED) is 0.730. The van der Waals surface area contributed by atoms with Gasteiger partial charge in [0.1, 0.15) is 0 Å². The SMILES string of the molecule is CC(=O)c1ccc(N2CC[NH+](CC(=O)N[C@@H](C)c3ccccc3Cl)CC2)cc1. The van der Waals surface area contributed by atoms with Crippen molar-refractivity contribution < 1.29 is 14.5 Å². The third kappa shape index (κ3) is 5.12. The molecule has 1 amide bonds. The number of carbonyl (C=O) groups excluding carboxylic acids is 2. The van der Waals surface area contributed by atoms with Crippen LogP contribution in [-0.2, 0) is 4.79 Å². The molecule has 0 saturated carbocycles. The van der Waals surface area contributed by atoms with Gasteiger partial charge in [-0.2, -0.15) is 0 Å². The molecule has 28 heavy (non-hydrogen) atoms. The van der Waals surface area contributed by atoms with Gasteiger partial charge in [-0.3, -0.25) is 9.59 Å². The van der Waals surface area contributed by atoms with Gasteiger partial charge in [0.15, 0.2) is 12.3 Å². The zero-order valence-electron chi connectivity index (χ0n) is 16.4. The summed E-state index contributed by atoms with van der Waals surface area (Å²) in [6.07, 6.45) is 0. The minimum absolute atomic E-state index is 0.0432. The molecule has 5 nitrogen and oxygen atoms in total. The van der Waals surface area contributed by atoms with Crippen LogP contribution in [0.25, 0.3) is 0 Å². The Kier molecular flexibility index (Phi) is 6.70. The number of nitrogens with zero attached hydrogens (tertiary/aromatic N) is 1. The Bertz CT molecular complexity index is 830. The van der Waals surface area contributed by atoms with E-state index in [2.05, 4.69) is 10.2 Å². The number of ketones is 1. The number of anilines is 1. The molecule has 1 fully saturated rings. The molecule has 1 aliphatic heterocycles. The van der Waals surface area contributed by atoms with Crippen molar-refractivity contribution in [1.82, 2.24) is 5.32 Å². The molecule has 0 aromatic heterocycles. The van der Waals surface area contributed by atoms with Gasteiger partial charge < -0.3 is 15.1 Å². The molecule has 1 aliphatic rings. The lowest BCUT2D eigenvalue weighted by Crippen LogP contribution is -3.15. The number of hydrogen-bond donors (Lipinski definition) is 2. The number of rotatable bonds is 6. The lowest BCUT2D eigenvalue weighted by Gasteiger charge is -2.33. The smallest absolute Gasteiger partial charge is 0.275 e. The molecule has 2 N–H and O–H groups in total. The van der Waals surface area contributed by atoms with Crippen LogP contribution in [0, 0.1) is 0 Å². The van der Waals surface area contributed by atoms with E-state index in [4.69, 9.17) is 11.6 Å². The fraction of sp³-hybridized carbons (Fsp3) is 0.364. The summed E-state index contributed by atoms with van der Waals surface area (Å²) in [6.45, 7) is 7.59. The Balaban J connectivity index is 1.48. The van der Waals surface area contributed by atoms with Crippen molar-refractivity contribution in [3.05, 3.63) is 64.7 Å². The first-order valence-corrected chi connectivity index (χ1v) is 10.0. The maximum absolute atomic E-state index is 12.4. The van der Waals surface area contributed by atoms with Crippen LogP contribution in [0.15, 0.2) is 48.5 Å². The van der Waals surface area contributed by atoms with Crippen molar-refractivity contribution in [3.63, 3.8) is 0 Å². The van der Waals surface area contributed by atoms with E-state index in [1.807, 2.05) is 55.5 Å². The Morgan fingerprint density at radius 1 is 1.11 bits per heavy atom. The van der Waals surface area contributed by atoms with Crippen molar-refractivity contribution in [2.75, 3.05) is 37.6 Å². The molecule has 3 rings (SSSR count). The first-order valence-electron chi connectivity index (χ1n) is 9.67. The summed E-state index contributed by atoms with van der Waals surface area (Å²) < 4.78 is 0. The lowest BCUT2D eigenvalue weighted by atomic mass is 10.1. The summed E-state index contributed by atoms with van der Waals surface area (Å²) >= 11 is 6.22. The Hall–Kier alpha value is -2.37. The average molecular weight is 401 g/mol. The van der Waals surface area contributed by atoms with Crippen molar-refractivity contribution in [2.24, 2.45) is 0 Å². The van der Waals surface area contributed by atoms with E-state index in [0.29, 0.717) is 11.6 Å². The molecular formula is C22H27ClN3O2+. The van der Waals surface area contributed by atoms with E-state index >= 15 is 0 Å². The third-order valence-electron chi connectivity index (χ3n) is 5.27. The summed E-state index contributed by atoms with van der Waals surface area (Å²) in [6, 6.07) is 15.2. The molecule has 1 heterocycles. The molecule has 6 heteroatoms. The van der Waals surface area contributed by atoms with Crippen LogP contribution in [0.1, 0.15) is 35.8 Å². The second-order valence-corrected chi connectivity index (χ2v) is 7.73. The highest BCUT2D eigenvalue weighted by Crippen LogP contribution is 2.21. The summed E-state index contributed by atoms with van der Waals surface area (Å²) in [7, 11) is 0. The number of benzene rings is 2. The summed E-state index contributed by atoms with van der Waals surface area (Å²) in [5.74, 6) is 0.125. The van der Waals surface area contributed by atoms with Crippen molar-refractivity contribution in [1.29, 1.82) is 0 Å². The van der Waals surface area contributed by atoms with E-state index in [1.54, 1.807) is 6.92 Å².